The lowest BCUT2D eigenvalue weighted by molar-refractivity contribution is 0.0289. The third kappa shape index (κ3) is 4.92. The number of carbonyl (C=O) groups is 1. The van der Waals surface area contributed by atoms with Crippen LogP contribution in [-0.2, 0) is 4.74 Å². The van der Waals surface area contributed by atoms with Crippen LogP contribution >= 0.6 is 15.9 Å². The maximum Gasteiger partial charge on any atom is 0.410 e. The Bertz CT molecular complexity index is 499. The summed E-state index contributed by atoms with van der Waals surface area (Å²) in [6, 6.07) is 8.07. The van der Waals surface area contributed by atoms with Gasteiger partial charge in [0.2, 0.25) is 0 Å². The molecule has 5 heteroatoms. The first-order valence-corrected chi connectivity index (χ1v) is 8.11. The van der Waals surface area contributed by atoms with Crippen LogP contribution in [0.5, 0.6) is 0 Å². The van der Waals surface area contributed by atoms with E-state index in [4.69, 9.17) is 4.74 Å². The number of carbonyl (C=O) groups excluding carboxylic acids is 1. The summed E-state index contributed by atoms with van der Waals surface area (Å²) in [7, 11) is 0. The number of ether oxygens (including phenoxy) is 1. The van der Waals surface area contributed by atoms with E-state index in [1.165, 1.54) is 0 Å². The van der Waals surface area contributed by atoms with Crippen LogP contribution in [0.3, 0.4) is 0 Å². The maximum atomic E-state index is 12.0. The van der Waals surface area contributed by atoms with E-state index in [1.54, 1.807) is 4.90 Å². The number of para-hydroxylation sites is 1. The van der Waals surface area contributed by atoms with Crippen molar-refractivity contribution >= 4 is 27.7 Å². The molecule has 0 spiro atoms. The lowest BCUT2D eigenvalue weighted by Gasteiger charge is -2.24. The first-order chi connectivity index (χ1) is 9.85. The summed E-state index contributed by atoms with van der Waals surface area (Å²) >= 11 is 3.53. The number of likely N-dealkylation sites (tertiary alicyclic amines) is 1. The Morgan fingerprint density at radius 1 is 1.43 bits per heavy atom. The molecule has 0 radical (unpaired) electrons. The molecule has 0 bridgehead atoms. The molecular formula is C16H23BrN2O2. The molecule has 1 heterocycles. The minimum absolute atomic E-state index is 0.203. The van der Waals surface area contributed by atoms with E-state index < -0.39 is 5.60 Å². The fourth-order valence-electron chi connectivity index (χ4n) is 2.35. The van der Waals surface area contributed by atoms with Crippen LogP contribution < -0.4 is 5.32 Å². The van der Waals surface area contributed by atoms with Gasteiger partial charge in [-0.05, 0) is 61.2 Å². The van der Waals surface area contributed by atoms with Gasteiger partial charge in [0.1, 0.15) is 5.60 Å². The van der Waals surface area contributed by atoms with Gasteiger partial charge in [0.25, 0.3) is 0 Å². The molecule has 0 saturated carbocycles. The van der Waals surface area contributed by atoms with Gasteiger partial charge < -0.3 is 15.0 Å². The van der Waals surface area contributed by atoms with Crippen LogP contribution in [0.2, 0.25) is 0 Å². The summed E-state index contributed by atoms with van der Waals surface area (Å²) < 4.78 is 6.47. The average Bonchev–Trinajstić information content (AvgIpc) is 2.85. The molecule has 21 heavy (non-hydrogen) atoms. The van der Waals surface area contributed by atoms with Crippen LogP contribution in [0.15, 0.2) is 28.7 Å². The van der Waals surface area contributed by atoms with Gasteiger partial charge in [0, 0.05) is 29.8 Å². The molecule has 1 aromatic carbocycles. The summed E-state index contributed by atoms with van der Waals surface area (Å²) in [6.07, 6.45) is 0.808. The zero-order valence-corrected chi connectivity index (χ0v) is 14.4. The predicted molar refractivity (Wildman–Crippen MR) is 88.5 cm³/mol. The van der Waals surface area contributed by atoms with E-state index in [1.807, 2.05) is 45.0 Å². The summed E-state index contributed by atoms with van der Waals surface area (Å²) in [5, 5.41) is 3.44. The Morgan fingerprint density at radius 2 is 2.14 bits per heavy atom. The molecule has 1 aromatic rings. The molecule has 1 amide bonds. The highest BCUT2D eigenvalue weighted by Gasteiger charge is 2.29. The first-order valence-electron chi connectivity index (χ1n) is 7.31. The predicted octanol–water partition coefficient (Wildman–Crippen LogP) is 4.12. The van der Waals surface area contributed by atoms with Crippen LogP contribution in [-0.4, -0.2) is 36.2 Å². The Kier molecular flexibility index (Phi) is 5.14. The van der Waals surface area contributed by atoms with Crippen molar-refractivity contribution in [3.8, 4) is 0 Å². The minimum Gasteiger partial charge on any atom is -0.444 e. The van der Waals surface area contributed by atoms with Gasteiger partial charge in [-0.1, -0.05) is 12.1 Å². The summed E-state index contributed by atoms with van der Waals surface area (Å²) in [4.78, 5) is 13.8. The van der Waals surface area contributed by atoms with E-state index in [0.29, 0.717) is 5.92 Å². The highest BCUT2D eigenvalue weighted by molar-refractivity contribution is 9.10. The van der Waals surface area contributed by atoms with Crippen molar-refractivity contribution < 1.29 is 9.53 Å². The molecular weight excluding hydrogens is 332 g/mol. The number of rotatable bonds is 3. The van der Waals surface area contributed by atoms with Crippen molar-refractivity contribution in [2.75, 3.05) is 25.0 Å². The Labute approximate surface area is 135 Å². The fourth-order valence-corrected chi connectivity index (χ4v) is 2.78. The highest BCUT2D eigenvalue weighted by Crippen LogP contribution is 2.24. The zero-order chi connectivity index (χ0) is 15.5. The largest absolute Gasteiger partial charge is 0.444 e. The number of hydrogen-bond acceptors (Lipinski definition) is 3. The second-order valence-electron chi connectivity index (χ2n) is 6.44. The lowest BCUT2D eigenvalue weighted by Crippen LogP contribution is -2.35. The molecule has 1 saturated heterocycles. The molecule has 0 unspecified atom stereocenters. The number of anilines is 1. The van der Waals surface area contributed by atoms with Crippen molar-refractivity contribution in [1.82, 2.24) is 4.90 Å². The molecule has 1 fully saturated rings. The van der Waals surface area contributed by atoms with Gasteiger partial charge >= 0.3 is 6.09 Å². The summed E-state index contributed by atoms with van der Waals surface area (Å²) in [6.45, 7) is 8.08. The topological polar surface area (TPSA) is 41.6 Å². The number of hydrogen-bond donors (Lipinski definition) is 1. The maximum absolute atomic E-state index is 12.0. The van der Waals surface area contributed by atoms with Crippen LogP contribution in [0, 0.1) is 5.92 Å². The van der Waals surface area contributed by atoms with Gasteiger partial charge in [0.05, 0.1) is 0 Å². The van der Waals surface area contributed by atoms with E-state index in [2.05, 4.69) is 21.2 Å². The number of halogens is 1. The number of benzene rings is 1. The van der Waals surface area contributed by atoms with E-state index >= 15 is 0 Å². The fraction of sp³-hybridized carbons (Fsp3) is 0.562. The third-order valence-corrected chi connectivity index (χ3v) is 4.08. The Hall–Kier alpha value is -1.23. The SMILES string of the molecule is CC(C)(C)OC(=O)N1CC[C@@H](CNc2ccccc2Br)C1. The summed E-state index contributed by atoms with van der Waals surface area (Å²) in [5.41, 5.74) is 0.663. The summed E-state index contributed by atoms with van der Waals surface area (Å²) in [5.74, 6) is 0.463. The van der Waals surface area contributed by atoms with Gasteiger partial charge in [-0.25, -0.2) is 4.79 Å². The van der Waals surface area contributed by atoms with Gasteiger partial charge in [-0.2, -0.15) is 0 Å². The van der Waals surface area contributed by atoms with Gasteiger partial charge in [-0.15, -0.1) is 0 Å². The molecule has 0 aliphatic carbocycles. The molecule has 1 atom stereocenters. The third-order valence-electron chi connectivity index (χ3n) is 3.39. The minimum atomic E-state index is -0.428. The molecule has 1 aliphatic rings. The van der Waals surface area contributed by atoms with E-state index in [-0.39, 0.29) is 6.09 Å². The number of nitrogens with zero attached hydrogens (tertiary/aromatic N) is 1. The van der Waals surface area contributed by atoms with Crippen molar-refractivity contribution in [3.05, 3.63) is 28.7 Å². The molecule has 2 rings (SSSR count). The second-order valence-corrected chi connectivity index (χ2v) is 7.30. The number of amides is 1. The number of nitrogens with one attached hydrogen (secondary N) is 1. The Balaban J connectivity index is 1.80. The monoisotopic (exact) mass is 354 g/mol. The highest BCUT2D eigenvalue weighted by atomic mass is 79.9. The standard InChI is InChI=1S/C16H23BrN2O2/c1-16(2,3)21-15(20)19-9-8-12(11-19)10-18-14-7-5-4-6-13(14)17/h4-7,12,18H,8-11H2,1-3H3/t12-/m0/s1. The van der Waals surface area contributed by atoms with Crippen molar-refractivity contribution in [3.63, 3.8) is 0 Å². The zero-order valence-electron chi connectivity index (χ0n) is 12.9. The molecule has 0 aromatic heterocycles. The van der Waals surface area contributed by atoms with Crippen molar-refractivity contribution in [2.24, 2.45) is 5.92 Å². The van der Waals surface area contributed by atoms with Gasteiger partial charge in [-0.3, -0.25) is 0 Å². The average molecular weight is 355 g/mol. The van der Waals surface area contributed by atoms with Crippen LogP contribution in [0.1, 0.15) is 27.2 Å². The quantitative estimate of drug-likeness (QED) is 0.887. The lowest BCUT2D eigenvalue weighted by atomic mass is 10.1. The first kappa shape index (κ1) is 16.1. The van der Waals surface area contributed by atoms with Crippen LogP contribution in [0.4, 0.5) is 10.5 Å². The van der Waals surface area contributed by atoms with Gasteiger partial charge in [0.15, 0.2) is 0 Å². The van der Waals surface area contributed by atoms with Crippen molar-refractivity contribution in [2.45, 2.75) is 32.8 Å². The van der Waals surface area contributed by atoms with E-state index in [9.17, 15) is 4.79 Å². The molecule has 116 valence electrons. The molecule has 1 aliphatic heterocycles. The van der Waals surface area contributed by atoms with E-state index in [0.717, 1.165) is 36.2 Å². The molecule has 1 N–H and O–H groups in total. The van der Waals surface area contributed by atoms with Crippen molar-refractivity contribution in [1.29, 1.82) is 0 Å². The normalized spacial score (nSPS) is 18.7. The molecule has 4 nitrogen and oxygen atoms in total. The smallest absolute Gasteiger partial charge is 0.410 e. The van der Waals surface area contributed by atoms with Crippen LogP contribution in [0.25, 0.3) is 0 Å². The Morgan fingerprint density at radius 3 is 2.81 bits per heavy atom. The second kappa shape index (κ2) is 6.69.